The third-order valence-corrected chi connectivity index (χ3v) is 5.83. The number of carbonyl (C=O) groups is 1. The van der Waals surface area contributed by atoms with Gasteiger partial charge in [0.15, 0.2) is 21.3 Å². The fourth-order valence-corrected chi connectivity index (χ4v) is 4.49. The highest BCUT2D eigenvalue weighted by Crippen LogP contribution is 2.29. The van der Waals surface area contributed by atoms with Crippen molar-refractivity contribution in [2.75, 3.05) is 19.3 Å². The van der Waals surface area contributed by atoms with E-state index in [1.165, 1.54) is 6.26 Å². The summed E-state index contributed by atoms with van der Waals surface area (Å²) in [6.07, 6.45) is 2.99. The van der Waals surface area contributed by atoms with Crippen LogP contribution >= 0.6 is 0 Å². The number of carbonyl (C=O) groups excluding carboxylic acids is 1. The number of piperidine rings is 1. The Kier molecular flexibility index (Phi) is 4.93. The molecule has 7 heteroatoms. The van der Waals surface area contributed by atoms with Crippen molar-refractivity contribution in [2.45, 2.75) is 24.5 Å². The summed E-state index contributed by atoms with van der Waals surface area (Å²) in [5.74, 6) is 0.574. The van der Waals surface area contributed by atoms with Gasteiger partial charge in [0.25, 0.3) is 5.91 Å². The van der Waals surface area contributed by atoms with Crippen LogP contribution in [0.25, 0.3) is 11.1 Å². The number of nitrogens with zero attached hydrogens (tertiary/aromatic N) is 2. The maximum Gasteiger partial charge on any atom is 0.253 e. The van der Waals surface area contributed by atoms with Crippen LogP contribution in [0.15, 0.2) is 52.9 Å². The highest BCUT2D eigenvalue weighted by Gasteiger charge is 2.28. The lowest BCUT2D eigenvalue weighted by Crippen LogP contribution is -2.39. The number of rotatable bonds is 4. The molecule has 1 saturated heterocycles. The summed E-state index contributed by atoms with van der Waals surface area (Å²) in [6, 6.07) is 14.5. The minimum Gasteiger partial charge on any atom is -0.440 e. The number of benzene rings is 2. The summed E-state index contributed by atoms with van der Waals surface area (Å²) in [6.45, 7) is 1.22. The molecule has 3 aromatic rings. The number of sulfone groups is 1. The fraction of sp³-hybridized carbons (Fsp3) is 0.333. The zero-order valence-corrected chi connectivity index (χ0v) is 16.5. The summed E-state index contributed by atoms with van der Waals surface area (Å²) in [4.78, 5) is 19.4. The standard InChI is InChI=1S/C21H22N2O4S/c1-28(25,26)14-15-6-4-7-16(12-15)21(24)23-11-5-8-17(13-23)20-22-18-9-2-3-10-19(18)27-20/h2-4,6-7,9-10,12,17H,5,8,11,13-14H2,1H3/t17-/m1/s1. The number of para-hydroxylation sites is 2. The summed E-state index contributed by atoms with van der Waals surface area (Å²) >= 11 is 0. The van der Waals surface area contributed by atoms with Gasteiger partial charge in [0.05, 0.1) is 11.7 Å². The molecule has 146 valence electrons. The van der Waals surface area contributed by atoms with Gasteiger partial charge in [0, 0.05) is 24.9 Å². The zero-order chi connectivity index (χ0) is 19.7. The molecule has 6 nitrogen and oxygen atoms in total. The highest BCUT2D eigenvalue weighted by atomic mass is 32.2. The molecule has 0 radical (unpaired) electrons. The topological polar surface area (TPSA) is 80.5 Å². The van der Waals surface area contributed by atoms with E-state index >= 15 is 0 Å². The van der Waals surface area contributed by atoms with Crippen LogP contribution in [0.4, 0.5) is 0 Å². The van der Waals surface area contributed by atoms with Crippen molar-refractivity contribution in [1.82, 2.24) is 9.88 Å². The second kappa shape index (κ2) is 7.39. The smallest absolute Gasteiger partial charge is 0.253 e. The molecule has 0 N–H and O–H groups in total. The first-order chi connectivity index (χ1) is 13.4. The second-order valence-electron chi connectivity index (χ2n) is 7.38. The number of hydrogen-bond donors (Lipinski definition) is 0. The van der Waals surface area contributed by atoms with E-state index in [4.69, 9.17) is 4.42 Å². The quantitative estimate of drug-likeness (QED) is 0.673. The van der Waals surface area contributed by atoms with Gasteiger partial charge in [0.1, 0.15) is 5.52 Å². The molecule has 1 fully saturated rings. The zero-order valence-electron chi connectivity index (χ0n) is 15.7. The summed E-state index contributed by atoms with van der Waals surface area (Å²) in [5, 5.41) is 0. The molecule has 0 aliphatic carbocycles. The Morgan fingerprint density at radius 1 is 1.21 bits per heavy atom. The number of hydrogen-bond acceptors (Lipinski definition) is 5. The molecule has 1 amide bonds. The fourth-order valence-electron chi connectivity index (χ4n) is 3.71. The average molecular weight is 398 g/mol. The number of amides is 1. The van der Waals surface area contributed by atoms with Crippen LogP contribution in [0.1, 0.15) is 40.6 Å². The summed E-state index contributed by atoms with van der Waals surface area (Å²) in [7, 11) is -3.15. The maximum absolute atomic E-state index is 13.0. The first kappa shape index (κ1) is 18.7. The predicted molar refractivity (Wildman–Crippen MR) is 107 cm³/mol. The predicted octanol–water partition coefficient (Wildman–Crippen LogP) is 3.39. The molecule has 4 rings (SSSR count). The minimum absolute atomic E-state index is 0.0595. The third kappa shape index (κ3) is 4.09. The van der Waals surface area contributed by atoms with Crippen LogP contribution < -0.4 is 0 Å². The van der Waals surface area contributed by atoms with Crippen molar-refractivity contribution in [3.8, 4) is 0 Å². The van der Waals surface area contributed by atoms with Crippen LogP contribution in [-0.4, -0.2) is 43.6 Å². The van der Waals surface area contributed by atoms with Crippen molar-refractivity contribution in [2.24, 2.45) is 0 Å². The molecule has 1 aliphatic heterocycles. The van der Waals surface area contributed by atoms with Crippen LogP contribution in [0.3, 0.4) is 0 Å². The number of oxazole rings is 1. The Morgan fingerprint density at radius 3 is 2.82 bits per heavy atom. The number of aromatic nitrogens is 1. The SMILES string of the molecule is CS(=O)(=O)Cc1cccc(C(=O)N2CCC[C@@H](c3nc4ccccc4o3)C2)c1. The van der Waals surface area contributed by atoms with Gasteiger partial charge in [-0.1, -0.05) is 24.3 Å². The lowest BCUT2D eigenvalue weighted by atomic mass is 9.97. The molecule has 0 saturated carbocycles. The maximum atomic E-state index is 13.0. The van der Waals surface area contributed by atoms with Crippen LogP contribution in [-0.2, 0) is 15.6 Å². The Bertz CT molecular complexity index is 1090. The van der Waals surface area contributed by atoms with Gasteiger partial charge in [-0.15, -0.1) is 0 Å². The Balaban J connectivity index is 1.52. The van der Waals surface area contributed by atoms with Crippen LogP contribution in [0, 0.1) is 0 Å². The van der Waals surface area contributed by atoms with E-state index in [2.05, 4.69) is 4.98 Å². The van der Waals surface area contributed by atoms with Crippen molar-refractivity contribution in [3.05, 3.63) is 65.5 Å². The molecular formula is C21H22N2O4S. The lowest BCUT2D eigenvalue weighted by molar-refractivity contribution is 0.0699. The van der Waals surface area contributed by atoms with E-state index in [0.717, 1.165) is 23.9 Å². The van der Waals surface area contributed by atoms with E-state index in [1.54, 1.807) is 24.3 Å². The normalized spacial score (nSPS) is 17.8. The van der Waals surface area contributed by atoms with Gasteiger partial charge >= 0.3 is 0 Å². The molecule has 0 bridgehead atoms. The van der Waals surface area contributed by atoms with E-state index in [0.29, 0.717) is 30.1 Å². The largest absolute Gasteiger partial charge is 0.440 e. The third-order valence-electron chi connectivity index (χ3n) is 4.97. The van der Waals surface area contributed by atoms with Crippen molar-refractivity contribution in [1.29, 1.82) is 0 Å². The number of fused-ring (bicyclic) bond motifs is 1. The van der Waals surface area contributed by atoms with E-state index in [1.807, 2.05) is 29.2 Å². The number of likely N-dealkylation sites (tertiary alicyclic amines) is 1. The molecule has 1 aliphatic rings. The van der Waals surface area contributed by atoms with Gasteiger partial charge in [-0.05, 0) is 42.7 Å². The van der Waals surface area contributed by atoms with Gasteiger partial charge in [0.2, 0.25) is 0 Å². The lowest BCUT2D eigenvalue weighted by Gasteiger charge is -2.31. The van der Waals surface area contributed by atoms with Crippen molar-refractivity contribution >= 4 is 26.8 Å². The highest BCUT2D eigenvalue weighted by molar-refractivity contribution is 7.89. The Hall–Kier alpha value is -2.67. The Morgan fingerprint density at radius 2 is 2.04 bits per heavy atom. The summed E-state index contributed by atoms with van der Waals surface area (Å²) in [5.41, 5.74) is 2.73. The molecule has 28 heavy (non-hydrogen) atoms. The van der Waals surface area contributed by atoms with Gasteiger partial charge in [-0.2, -0.15) is 0 Å². The Labute approximate surface area is 164 Å². The van der Waals surface area contributed by atoms with Gasteiger partial charge in [-0.3, -0.25) is 4.79 Å². The van der Waals surface area contributed by atoms with Gasteiger partial charge in [-0.25, -0.2) is 13.4 Å². The molecule has 1 atom stereocenters. The minimum atomic E-state index is -3.15. The second-order valence-corrected chi connectivity index (χ2v) is 9.52. The van der Waals surface area contributed by atoms with Gasteiger partial charge < -0.3 is 9.32 Å². The summed E-state index contributed by atoms with van der Waals surface area (Å²) < 4.78 is 29.0. The monoisotopic (exact) mass is 398 g/mol. The van der Waals surface area contributed by atoms with Crippen LogP contribution in [0.2, 0.25) is 0 Å². The molecule has 1 aromatic heterocycles. The molecule has 2 heterocycles. The van der Waals surface area contributed by atoms with Crippen molar-refractivity contribution < 1.29 is 17.6 Å². The van der Waals surface area contributed by atoms with E-state index in [9.17, 15) is 13.2 Å². The molecule has 0 unspecified atom stereocenters. The first-order valence-corrected chi connectivity index (χ1v) is 11.4. The molecule has 0 spiro atoms. The molecular weight excluding hydrogens is 376 g/mol. The van der Waals surface area contributed by atoms with E-state index < -0.39 is 9.84 Å². The van der Waals surface area contributed by atoms with Crippen molar-refractivity contribution in [3.63, 3.8) is 0 Å². The first-order valence-electron chi connectivity index (χ1n) is 9.30. The molecule has 2 aromatic carbocycles. The van der Waals surface area contributed by atoms with E-state index in [-0.39, 0.29) is 17.6 Å². The average Bonchev–Trinajstić information content (AvgIpc) is 3.11. The van der Waals surface area contributed by atoms with Crippen LogP contribution in [0.5, 0.6) is 0 Å².